The normalized spacial score (nSPS) is 17.2. The van der Waals surface area contributed by atoms with E-state index in [4.69, 9.17) is 4.52 Å². The van der Waals surface area contributed by atoms with Crippen LogP contribution in [0.1, 0.15) is 36.8 Å². The predicted molar refractivity (Wildman–Crippen MR) is 118 cm³/mol. The first-order valence-corrected chi connectivity index (χ1v) is 12.2. The topological polar surface area (TPSA) is 113 Å². The number of benzene rings is 1. The highest BCUT2D eigenvalue weighted by atomic mass is 32.2. The van der Waals surface area contributed by atoms with E-state index in [-0.39, 0.29) is 35.6 Å². The smallest absolute Gasteiger partial charge is 0.248 e. The molecule has 3 rings (SSSR count). The fourth-order valence-corrected chi connectivity index (χ4v) is 5.76. The summed E-state index contributed by atoms with van der Waals surface area (Å²) in [6.45, 7) is 6.30. The number of hydrogen-bond donors (Lipinski definition) is 1. The lowest BCUT2D eigenvalue weighted by molar-refractivity contribution is -0.134. The molecule has 9 nitrogen and oxygen atoms in total. The van der Waals surface area contributed by atoms with Crippen molar-refractivity contribution in [3.8, 4) is 0 Å². The van der Waals surface area contributed by atoms with E-state index in [0.29, 0.717) is 38.2 Å². The monoisotopic (exact) mass is 462 g/mol. The van der Waals surface area contributed by atoms with Crippen LogP contribution in [0.4, 0.5) is 0 Å². The Balaban J connectivity index is 1.58. The maximum Gasteiger partial charge on any atom is 0.248 e. The van der Waals surface area contributed by atoms with Crippen molar-refractivity contribution < 1.29 is 22.5 Å². The van der Waals surface area contributed by atoms with E-state index < -0.39 is 15.9 Å². The number of piperidine rings is 1. The minimum Gasteiger partial charge on any atom is -0.360 e. The van der Waals surface area contributed by atoms with E-state index in [1.807, 2.05) is 37.3 Å². The van der Waals surface area contributed by atoms with Gasteiger partial charge in [0, 0.05) is 26.2 Å². The summed E-state index contributed by atoms with van der Waals surface area (Å²) in [6, 6.07) is 9.65. The Hall–Kier alpha value is -2.72. The Morgan fingerprint density at radius 2 is 1.97 bits per heavy atom. The standard InChI is InChI=1S/C22H30N4O5S/c1-4-25(14-18-9-6-5-7-10-18)20(27)13-23-22(28)19-11-8-12-26(15-19)32(29,30)21-16(2)24-31-17(21)3/h5-7,9-10,19H,4,8,11-15H2,1-3H3,(H,23,28). The van der Waals surface area contributed by atoms with Gasteiger partial charge in [0.1, 0.15) is 10.6 Å². The van der Waals surface area contributed by atoms with Crippen molar-refractivity contribution in [1.29, 1.82) is 0 Å². The van der Waals surface area contributed by atoms with Crippen LogP contribution in [-0.2, 0) is 26.2 Å². The molecule has 1 aromatic heterocycles. The van der Waals surface area contributed by atoms with Gasteiger partial charge in [0.05, 0.1) is 12.5 Å². The molecule has 1 aliphatic rings. The van der Waals surface area contributed by atoms with E-state index in [2.05, 4.69) is 10.5 Å². The Kier molecular flexibility index (Phi) is 7.68. The Bertz CT molecular complexity index is 1030. The zero-order valence-corrected chi connectivity index (χ0v) is 19.5. The summed E-state index contributed by atoms with van der Waals surface area (Å²) in [5.74, 6) is -0.776. The van der Waals surface area contributed by atoms with Gasteiger partial charge in [0.25, 0.3) is 0 Å². The van der Waals surface area contributed by atoms with Crippen LogP contribution in [0.2, 0.25) is 0 Å². The molecule has 1 aliphatic heterocycles. The molecule has 2 heterocycles. The molecule has 1 N–H and O–H groups in total. The number of nitrogens with one attached hydrogen (secondary N) is 1. The minimum absolute atomic E-state index is 0.0632. The van der Waals surface area contributed by atoms with Crippen molar-refractivity contribution in [2.75, 3.05) is 26.2 Å². The van der Waals surface area contributed by atoms with Crippen LogP contribution in [-0.4, -0.2) is 60.8 Å². The van der Waals surface area contributed by atoms with Crippen LogP contribution in [0.25, 0.3) is 0 Å². The molecule has 2 aromatic rings. The molecule has 1 aromatic carbocycles. The summed E-state index contributed by atoms with van der Waals surface area (Å²) in [5, 5.41) is 6.43. The molecule has 32 heavy (non-hydrogen) atoms. The molecule has 0 spiro atoms. The van der Waals surface area contributed by atoms with Gasteiger partial charge in [0.15, 0.2) is 5.76 Å². The molecular weight excluding hydrogens is 432 g/mol. The molecule has 0 saturated carbocycles. The Labute approximate surface area is 188 Å². The van der Waals surface area contributed by atoms with Crippen molar-refractivity contribution in [3.63, 3.8) is 0 Å². The van der Waals surface area contributed by atoms with Gasteiger partial charge in [-0.1, -0.05) is 35.5 Å². The first-order valence-electron chi connectivity index (χ1n) is 10.8. The highest BCUT2D eigenvalue weighted by molar-refractivity contribution is 7.89. The molecule has 0 aliphatic carbocycles. The van der Waals surface area contributed by atoms with E-state index in [1.165, 1.54) is 4.31 Å². The van der Waals surface area contributed by atoms with Gasteiger partial charge < -0.3 is 14.7 Å². The molecule has 174 valence electrons. The molecule has 10 heteroatoms. The fourth-order valence-electron chi connectivity index (χ4n) is 3.95. The molecular formula is C22H30N4O5S. The molecule has 1 unspecified atom stereocenters. The quantitative estimate of drug-likeness (QED) is 0.641. The summed E-state index contributed by atoms with van der Waals surface area (Å²) < 4.78 is 32.4. The number of aryl methyl sites for hydroxylation is 2. The molecule has 0 bridgehead atoms. The van der Waals surface area contributed by atoms with Gasteiger partial charge >= 0.3 is 0 Å². The van der Waals surface area contributed by atoms with Gasteiger partial charge in [-0.3, -0.25) is 9.59 Å². The number of aromatic nitrogens is 1. The number of nitrogens with zero attached hydrogens (tertiary/aromatic N) is 3. The maximum atomic E-state index is 13.1. The molecule has 2 amide bonds. The molecule has 1 fully saturated rings. The van der Waals surface area contributed by atoms with Gasteiger partial charge in [0.2, 0.25) is 21.8 Å². The van der Waals surface area contributed by atoms with Crippen LogP contribution in [0.3, 0.4) is 0 Å². The third kappa shape index (κ3) is 5.36. The van der Waals surface area contributed by atoms with Crippen molar-refractivity contribution >= 4 is 21.8 Å². The second kappa shape index (κ2) is 10.3. The highest BCUT2D eigenvalue weighted by Gasteiger charge is 2.36. The van der Waals surface area contributed by atoms with Crippen molar-refractivity contribution in [2.45, 2.75) is 45.1 Å². The van der Waals surface area contributed by atoms with Crippen LogP contribution in [0, 0.1) is 19.8 Å². The lowest BCUT2D eigenvalue weighted by Crippen LogP contribution is -2.47. The summed E-state index contributed by atoms with van der Waals surface area (Å²) in [7, 11) is -3.81. The van der Waals surface area contributed by atoms with E-state index in [1.54, 1.807) is 18.7 Å². The SMILES string of the molecule is CCN(Cc1ccccc1)C(=O)CNC(=O)C1CCCN(S(=O)(=O)c2c(C)noc2C)C1. The lowest BCUT2D eigenvalue weighted by atomic mass is 9.99. The third-order valence-corrected chi connectivity index (χ3v) is 7.80. The van der Waals surface area contributed by atoms with E-state index in [9.17, 15) is 18.0 Å². The number of carbonyl (C=O) groups is 2. The predicted octanol–water partition coefficient (Wildman–Crippen LogP) is 1.86. The Morgan fingerprint density at radius 1 is 1.25 bits per heavy atom. The number of likely N-dealkylation sites (N-methyl/N-ethyl adjacent to an activating group) is 1. The second-order valence-corrected chi connectivity index (χ2v) is 9.84. The van der Waals surface area contributed by atoms with Crippen LogP contribution in [0.5, 0.6) is 0 Å². The zero-order chi connectivity index (χ0) is 23.3. The van der Waals surface area contributed by atoms with Gasteiger partial charge in [-0.2, -0.15) is 4.31 Å². The number of carbonyl (C=O) groups excluding carboxylic acids is 2. The maximum absolute atomic E-state index is 13.1. The lowest BCUT2D eigenvalue weighted by Gasteiger charge is -2.31. The first-order chi connectivity index (χ1) is 15.2. The molecule has 1 saturated heterocycles. The highest BCUT2D eigenvalue weighted by Crippen LogP contribution is 2.27. The van der Waals surface area contributed by atoms with Gasteiger partial charge in [-0.05, 0) is 39.2 Å². The number of rotatable bonds is 8. The average Bonchev–Trinajstić information content (AvgIpc) is 3.14. The van der Waals surface area contributed by atoms with E-state index in [0.717, 1.165) is 5.56 Å². The van der Waals surface area contributed by atoms with Crippen molar-refractivity contribution in [1.82, 2.24) is 19.7 Å². The third-order valence-electron chi connectivity index (χ3n) is 5.69. The number of sulfonamides is 1. The van der Waals surface area contributed by atoms with Crippen molar-refractivity contribution in [2.24, 2.45) is 5.92 Å². The van der Waals surface area contributed by atoms with Crippen LogP contribution >= 0.6 is 0 Å². The molecule has 0 radical (unpaired) electrons. The van der Waals surface area contributed by atoms with Crippen LogP contribution < -0.4 is 5.32 Å². The van der Waals surface area contributed by atoms with E-state index >= 15 is 0 Å². The summed E-state index contributed by atoms with van der Waals surface area (Å²) in [4.78, 5) is 27.1. The fraction of sp³-hybridized carbons (Fsp3) is 0.500. The average molecular weight is 463 g/mol. The largest absolute Gasteiger partial charge is 0.360 e. The summed E-state index contributed by atoms with van der Waals surface area (Å²) >= 11 is 0. The number of amides is 2. The first kappa shape index (κ1) is 23.9. The minimum atomic E-state index is -3.81. The summed E-state index contributed by atoms with van der Waals surface area (Å²) in [5.41, 5.74) is 1.32. The number of hydrogen-bond acceptors (Lipinski definition) is 6. The summed E-state index contributed by atoms with van der Waals surface area (Å²) in [6.07, 6.45) is 1.12. The molecule has 1 atom stereocenters. The van der Waals surface area contributed by atoms with Crippen molar-refractivity contribution in [3.05, 3.63) is 47.3 Å². The van der Waals surface area contributed by atoms with Gasteiger partial charge in [-0.25, -0.2) is 8.42 Å². The Morgan fingerprint density at radius 3 is 2.59 bits per heavy atom. The van der Waals surface area contributed by atoms with Gasteiger partial charge in [-0.15, -0.1) is 0 Å². The van der Waals surface area contributed by atoms with Crippen LogP contribution in [0.15, 0.2) is 39.8 Å². The zero-order valence-electron chi connectivity index (χ0n) is 18.7. The second-order valence-electron chi connectivity index (χ2n) is 7.97.